The maximum atomic E-state index is 13.2. The largest absolute Gasteiger partial charge is 0.534 e. The van der Waals surface area contributed by atoms with Gasteiger partial charge in [0, 0.05) is 19.0 Å². The van der Waals surface area contributed by atoms with Gasteiger partial charge in [0.2, 0.25) is 0 Å². The van der Waals surface area contributed by atoms with E-state index in [0.717, 1.165) is 18.6 Å². The first-order valence-electron chi connectivity index (χ1n) is 10.4. The van der Waals surface area contributed by atoms with Gasteiger partial charge in [-0.05, 0) is 18.9 Å². The van der Waals surface area contributed by atoms with Gasteiger partial charge in [-0.15, -0.1) is 0 Å². The molecule has 1 aliphatic heterocycles. The Hall–Kier alpha value is -3.03. The number of nitro benzene ring substituents is 1. The van der Waals surface area contributed by atoms with E-state index in [2.05, 4.69) is 4.18 Å². The summed E-state index contributed by atoms with van der Waals surface area (Å²) >= 11 is 0. The molecule has 0 saturated heterocycles. The van der Waals surface area contributed by atoms with E-state index >= 15 is 0 Å². The Morgan fingerprint density at radius 3 is 2.47 bits per heavy atom. The van der Waals surface area contributed by atoms with Gasteiger partial charge in [0.15, 0.2) is 11.5 Å². The van der Waals surface area contributed by atoms with E-state index in [1.807, 2.05) is 6.92 Å². The first-order chi connectivity index (χ1) is 15.9. The summed E-state index contributed by atoms with van der Waals surface area (Å²) in [7, 11) is -4.54. The number of ether oxygens (including phenoxy) is 2. The van der Waals surface area contributed by atoms with Crippen molar-refractivity contribution in [1.82, 2.24) is 4.90 Å². The van der Waals surface area contributed by atoms with Crippen LogP contribution < -0.4 is 9.47 Å². The van der Waals surface area contributed by atoms with Crippen molar-refractivity contribution in [3.8, 4) is 11.5 Å². The summed E-state index contributed by atoms with van der Waals surface area (Å²) in [6.45, 7) is 3.62. The van der Waals surface area contributed by atoms with Gasteiger partial charge in [-0.1, -0.05) is 20.3 Å². The van der Waals surface area contributed by atoms with E-state index in [1.165, 1.54) is 18.1 Å². The summed E-state index contributed by atoms with van der Waals surface area (Å²) in [5.74, 6) is -1.03. The number of methoxy groups -OCH3 is 1. The highest BCUT2D eigenvalue weighted by atomic mass is 32.2. The lowest BCUT2D eigenvalue weighted by atomic mass is 10.0. The van der Waals surface area contributed by atoms with Crippen LogP contribution in [0.4, 0.5) is 18.9 Å². The first-order valence-corrected chi connectivity index (χ1v) is 11.8. The SMILES string of the molecule is CCCCOc1cc([N+](=O)[O-])c(C(=O)N2CCC(OS(=O)(=O)C(F)(F)F)=C[C@H]2CC)cc1OC. The predicted molar refractivity (Wildman–Crippen MR) is 114 cm³/mol. The van der Waals surface area contributed by atoms with E-state index in [4.69, 9.17) is 9.47 Å². The number of carbonyl (C=O) groups excluding carboxylic acids is 1. The fourth-order valence-electron chi connectivity index (χ4n) is 3.26. The lowest BCUT2D eigenvalue weighted by Gasteiger charge is -2.33. The summed E-state index contributed by atoms with van der Waals surface area (Å²) in [4.78, 5) is 25.4. The monoisotopic (exact) mass is 510 g/mol. The van der Waals surface area contributed by atoms with Gasteiger partial charge in [0.1, 0.15) is 11.3 Å². The normalized spacial score (nSPS) is 16.6. The quantitative estimate of drug-likeness (QED) is 0.151. The predicted octanol–water partition coefficient (Wildman–Crippen LogP) is 4.16. The van der Waals surface area contributed by atoms with Crippen LogP contribution in [-0.4, -0.2) is 56.0 Å². The highest BCUT2D eigenvalue weighted by Crippen LogP contribution is 2.37. The Labute approximate surface area is 194 Å². The molecule has 0 unspecified atom stereocenters. The Morgan fingerprint density at radius 2 is 1.94 bits per heavy atom. The second kappa shape index (κ2) is 10.9. The van der Waals surface area contributed by atoms with Crippen LogP contribution in [0.15, 0.2) is 24.0 Å². The topological polar surface area (TPSA) is 125 Å². The van der Waals surface area contributed by atoms with Crippen LogP contribution in [0.2, 0.25) is 0 Å². The van der Waals surface area contributed by atoms with Crippen molar-refractivity contribution in [2.45, 2.75) is 51.1 Å². The zero-order valence-corrected chi connectivity index (χ0v) is 19.6. The van der Waals surface area contributed by atoms with Gasteiger partial charge in [-0.2, -0.15) is 21.6 Å². The second-order valence-electron chi connectivity index (χ2n) is 7.32. The van der Waals surface area contributed by atoms with Crippen LogP contribution in [0.25, 0.3) is 0 Å². The Balaban J connectivity index is 2.39. The fraction of sp³-hybridized carbons (Fsp3) is 0.550. The van der Waals surface area contributed by atoms with Gasteiger partial charge in [0.05, 0.1) is 30.7 Å². The number of benzene rings is 1. The number of alkyl halides is 3. The average molecular weight is 510 g/mol. The minimum absolute atomic E-state index is 0.0952. The molecule has 0 radical (unpaired) electrons. The molecule has 0 saturated carbocycles. The third-order valence-electron chi connectivity index (χ3n) is 5.02. The summed E-state index contributed by atoms with van der Waals surface area (Å²) in [6.07, 6.45) is 2.48. The molecule has 0 N–H and O–H groups in total. The third-order valence-corrected chi connectivity index (χ3v) is 6.02. The van der Waals surface area contributed by atoms with Gasteiger partial charge < -0.3 is 18.6 Å². The molecule has 10 nitrogen and oxygen atoms in total. The molecular formula is C20H25F3N2O8S. The summed E-state index contributed by atoms with van der Waals surface area (Å²) in [5, 5.41) is 11.7. The van der Waals surface area contributed by atoms with E-state index in [9.17, 15) is 36.5 Å². The van der Waals surface area contributed by atoms with Crippen LogP contribution in [0.1, 0.15) is 49.9 Å². The van der Waals surface area contributed by atoms with Crippen molar-refractivity contribution >= 4 is 21.7 Å². The number of unbranched alkanes of at least 4 members (excludes halogenated alkanes) is 1. The summed E-state index contributed by atoms with van der Waals surface area (Å²) < 4.78 is 75.4. The van der Waals surface area contributed by atoms with Crippen molar-refractivity contribution in [1.29, 1.82) is 0 Å². The van der Waals surface area contributed by atoms with Gasteiger partial charge in [-0.25, -0.2) is 0 Å². The number of hydrogen-bond donors (Lipinski definition) is 0. The molecule has 0 fully saturated rings. The lowest BCUT2D eigenvalue weighted by molar-refractivity contribution is -0.385. The number of halogens is 3. The van der Waals surface area contributed by atoms with E-state index in [0.29, 0.717) is 6.42 Å². The van der Waals surface area contributed by atoms with E-state index in [-0.39, 0.29) is 43.1 Å². The molecule has 1 aromatic rings. The van der Waals surface area contributed by atoms with Gasteiger partial charge >= 0.3 is 15.6 Å². The minimum atomic E-state index is -5.85. The summed E-state index contributed by atoms with van der Waals surface area (Å²) in [5.41, 5.74) is -6.43. The van der Waals surface area contributed by atoms with E-state index < -0.39 is 43.9 Å². The van der Waals surface area contributed by atoms with Gasteiger partial charge in [-0.3, -0.25) is 14.9 Å². The van der Waals surface area contributed by atoms with Crippen molar-refractivity contribution in [2.75, 3.05) is 20.3 Å². The molecule has 0 spiro atoms. The molecule has 190 valence electrons. The number of hydrogen-bond acceptors (Lipinski definition) is 8. The Bertz CT molecular complexity index is 1060. The molecular weight excluding hydrogens is 485 g/mol. The van der Waals surface area contributed by atoms with E-state index in [1.54, 1.807) is 6.92 Å². The number of nitro groups is 1. The van der Waals surface area contributed by atoms with Crippen molar-refractivity contribution in [3.63, 3.8) is 0 Å². The zero-order valence-electron chi connectivity index (χ0n) is 18.8. The number of amides is 1. The standard InChI is InChI=1S/C20H25F3N2O8S/c1-4-6-9-32-18-12-16(25(27)28)15(11-17(18)31-3)19(26)24-8-7-14(10-13(24)5-2)33-34(29,30)20(21,22)23/h10-13H,4-9H2,1-3H3/t13-/m1/s1. The lowest BCUT2D eigenvalue weighted by Crippen LogP contribution is -2.43. The average Bonchev–Trinajstić information content (AvgIpc) is 2.77. The molecule has 1 aromatic carbocycles. The molecule has 34 heavy (non-hydrogen) atoms. The molecule has 1 atom stereocenters. The Kier molecular flexibility index (Phi) is 8.75. The van der Waals surface area contributed by atoms with Crippen LogP contribution >= 0.6 is 0 Å². The highest BCUT2D eigenvalue weighted by molar-refractivity contribution is 7.87. The number of rotatable bonds is 10. The molecule has 1 amide bonds. The molecule has 14 heteroatoms. The molecule has 0 aromatic heterocycles. The van der Waals surface area contributed by atoms with Crippen LogP contribution in [0, 0.1) is 10.1 Å². The van der Waals surface area contributed by atoms with Crippen molar-refractivity contribution in [3.05, 3.63) is 39.6 Å². The van der Waals surface area contributed by atoms with Gasteiger partial charge in [0.25, 0.3) is 11.6 Å². The zero-order chi connectivity index (χ0) is 25.7. The van der Waals surface area contributed by atoms with Crippen molar-refractivity contribution in [2.24, 2.45) is 0 Å². The molecule has 1 heterocycles. The second-order valence-corrected chi connectivity index (χ2v) is 8.86. The maximum Gasteiger partial charge on any atom is 0.534 e. The minimum Gasteiger partial charge on any atom is -0.493 e. The number of nitrogens with zero attached hydrogens (tertiary/aromatic N) is 2. The fourth-order valence-corrected chi connectivity index (χ4v) is 3.77. The molecule has 0 bridgehead atoms. The Morgan fingerprint density at radius 1 is 1.26 bits per heavy atom. The molecule has 2 rings (SSSR count). The van der Waals surface area contributed by atoms with Crippen LogP contribution in [-0.2, 0) is 14.3 Å². The first kappa shape index (κ1) is 27.2. The smallest absolute Gasteiger partial charge is 0.493 e. The maximum absolute atomic E-state index is 13.2. The van der Waals surface area contributed by atoms with Crippen LogP contribution in [0.3, 0.4) is 0 Å². The number of carbonyl (C=O) groups is 1. The van der Waals surface area contributed by atoms with Crippen molar-refractivity contribution < 1.29 is 45.0 Å². The molecule has 0 aliphatic carbocycles. The molecule has 1 aliphatic rings. The third kappa shape index (κ3) is 6.10. The van der Waals surface area contributed by atoms with Crippen LogP contribution in [0.5, 0.6) is 11.5 Å². The highest BCUT2D eigenvalue weighted by Gasteiger charge is 2.49. The summed E-state index contributed by atoms with van der Waals surface area (Å²) in [6, 6.07) is 1.41.